The zero-order valence-corrected chi connectivity index (χ0v) is 14.3. The van der Waals surface area contributed by atoms with Crippen LogP contribution < -0.4 is 11.5 Å². The molecular weight excluding hydrogens is 308 g/mol. The van der Waals surface area contributed by atoms with Gasteiger partial charge in [-0.1, -0.05) is 37.6 Å². The molecule has 4 heteroatoms. The molecule has 0 aliphatic carbocycles. The maximum atomic E-state index is 7.53. The van der Waals surface area contributed by atoms with Crippen molar-refractivity contribution < 1.29 is 0 Å². The van der Waals surface area contributed by atoms with Gasteiger partial charge in [-0.25, -0.2) is 0 Å². The normalized spacial score (nSPS) is 10.6. The van der Waals surface area contributed by atoms with E-state index in [4.69, 9.17) is 16.9 Å². The molecule has 0 fully saturated rings. The lowest BCUT2D eigenvalue weighted by atomic mass is 9.96. The number of nitrogens with zero attached hydrogens (tertiary/aromatic N) is 1. The average molecular weight is 330 g/mol. The first-order chi connectivity index (χ1) is 12.1. The summed E-state index contributed by atoms with van der Waals surface area (Å²) >= 11 is 0. The number of nitrogens with one attached hydrogen (secondary N) is 1. The van der Waals surface area contributed by atoms with Crippen molar-refractivity contribution in [3.8, 4) is 22.4 Å². The van der Waals surface area contributed by atoms with E-state index in [9.17, 15) is 0 Å². The first kappa shape index (κ1) is 16.7. The number of nitrogens with two attached hydrogens (primary N) is 2. The van der Waals surface area contributed by atoms with Crippen LogP contribution in [0.1, 0.15) is 24.5 Å². The first-order valence-electron chi connectivity index (χ1n) is 8.37. The first-order valence-corrected chi connectivity index (χ1v) is 8.37. The Morgan fingerprint density at radius 1 is 1.04 bits per heavy atom. The van der Waals surface area contributed by atoms with Crippen LogP contribution in [0.15, 0.2) is 54.7 Å². The summed E-state index contributed by atoms with van der Waals surface area (Å²) in [6, 6.07) is 16.0. The Bertz CT molecular complexity index is 916. The minimum atomic E-state index is 0.585. The highest BCUT2D eigenvalue weighted by atomic mass is 14.7. The number of hydrogen-bond acceptors (Lipinski definition) is 4. The van der Waals surface area contributed by atoms with Gasteiger partial charge in [-0.3, -0.25) is 4.98 Å². The van der Waals surface area contributed by atoms with Crippen molar-refractivity contribution in [2.24, 2.45) is 0 Å². The lowest BCUT2D eigenvalue weighted by molar-refractivity contribution is 0.922. The van der Waals surface area contributed by atoms with E-state index in [1.807, 2.05) is 24.3 Å². The fourth-order valence-corrected chi connectivity index (χ4v) is 2.96. The number of rotatable bonds is 5. The van der Waals surface area contributed by atoms with Gasteiger partial charge in [0.15, 0.2) is 0 Å². The molecular formula is C21H22N4. The maximum Gasteiger partial charge on any atom is 0.0782 e. The smallest absolute Gasteiger partial charge is 0.0782 e. The molecule has 126 valence electrons. The van der Waals surface area contributed by atoms with Crippen molar-refractivity contribution in [3.05, 3.63) is 65.9 Å². The van der Waals surface area contributed by atoms with Crippen molar-refractivity contribution in [1.29, 1.82) is 5.41 Å². The van der Waals surface area contributed by atoms with Crippen molar-refractivity contribution in [3.63, 3.8) is 0 Å². The lowest BCUT2D eigenvalue weighted by Crippen LogP contribution is -1.97. The molecule has 1 heterocycles. The third-order valence-electron chi connectivity index (χ3n) is 4.20. The summed E-state index contributed by atoms with van der Waals surface area (Å²) in [5, 5.41) is 7.53. The molecule has 3 aromatic rings. The Morgan fingerprint density at radius 3 is 2.64 bits per heavy atom. The van der Waals surface area contributed by atoms with Gasteiger partial charge in [-0.2, -0.15) is 0 Å². The molecule has 0 spiro atoms. The fraction of sp³-hybridized carbons (Fsp3) is 0.143. The van der Waals surface area contributed by atoms with Crippen LogP contribution in [0.5, 0.6) is 0 Å². The average Bonchev–Trinajstić information content (AvgIpc) is 2.62. The number of aromatic nitrogens is 1. The molecule has 0 atom stereocenters. The van der Waals surface area contributed by atoms with Gasteiger partial charge in [0, 0.05) is 28.6 Å². The summed E-state index contributed by atoms with van der Waals surface area (Å²) in [6.07, 6.45) is 5.09. The topological polar surface area (TPSA) is 88.8 Å². The summed E-state index contributed by atoms with van der Waals surface area (Å²) in [4.78, 5) is 4.59. The number of hydrogen-bond donors (Lipinski definition) is 3. The second kappa shape index (κ2) is 7.18. The molecule has 0 aliphatic heterocycles. The van der Waals surface area contributed by atoms with Crippen LogP contribution in [-0.4, -0.2) is 11.2 Å². The minimum absolute atomic E-state index is 0.585. The number of nitrogen functional groups attached to an aromatic ring is 2. The third-order valence-corrected chi connectivity index (χ3v) is 4.20. The Balaban J connectivity index is 2.16. The van der Waals surface area contributed by atoms with Crippen LogP contribution in [0.3, 0.4) is 0 Å². The van der Waals surface area contributed by atoms with Gasteiger partial charge in [0.25, 0.3) is 0 Å². The monoisotopic (exact) mass is 330 g/mol. The number of aryl methyl sites for hydroxylation is 1. The zero-order valence-electron chi connectivity index (χ0n) is 14.3. The van der Waals surface area contributed by atoms with Gasteiger partial charge < -0.3 is 16.9 Å². The van der Waals surface area contributed by atoms with Crippen LogP contribution in [0.2, 0.25) is 0 Å². The second-order valence-corrected chi connectivity index (χ2v) is 6.10. The molecule has 1 aromatic heterocycles. The highest BCUT2D eigenvalue weighted by molar-refractivity contribution is 5.90. The predicted molar refractivity (Wildman–Crippen MR) is 106 cm³/mol. The van der Waals surface area contributed by atoms with Crippen molar-refractivity contribution in [1.82, 2.24) is 4.98 Å². The minimum Gasteiger partial charge on any atom is -0.398 e. The zero-order chi connectivity index (χ0) is 17.8. The van der Waals surface area contributed by atoms with Crippen LogP contribution in [0.25, 0.3) is 22.4 Å². The summed E-state index contributed by atoms with van der Waals surface area (Å²) in [5.74, 6) is 0. The Morgan fingerprint density at radius 2 is 1.88 bits per heavy atom. The number of benzene rings is 2. The highest BCUT2D eigenvalue weighted by Crippen LogP contribution is 2.33. The predicted octanol–water partition coefficient (Wildman–Crippen LogP) is 4.53. The molecule has 5 N–H and O–H groups in total. The molecule has 0 radical (unpaired) electrons. The summed E-state index contributed by atoms with van der Waals surface area (Å²) in [5.41, 5.74) is 18.9. The molecule has 0 saturated carbocycles. The standard InChI is InChI=1S/C21H22N4/c1-2-4-14-5-3-6-16(9-14)21-19(11-18(23)13-25-21)15-7-8-20(24)17(10-15)12-22/h3,5-13,22H,2,4,23-24H2,1H3. The molecule has 0 bridgehead atoms. The summed E-state index contributed by atoms with van der Waals surface area (Å²) < 4.78 is 0. The van der Waals surface area contributed by atoms with Crippen LogP contribution >= 0.6 is 0 Å². The van der Waals surface area contributed by atoms with Crippen LogP contribution in [0, 0.1) is 5.41 Å². The number of pyridine rings is 1. The fourth-order valence-electron chi connectivity index (χ4n) is 2.96. The summed E-state index contributed by atoms with van der Waals surface area (Å²) in [7, 11) is 0. The van der Waals surface area contributed by atoms with E-state index in [0.717, 1.165) is 35.2 Å². The van der Waals surface area contributed by atoms with Gasteiger partial charge >= 0.3 is 0 Å². The molecule has 4 nitrogen and oxygen atoms in total. The van der Waals surface area contributed by atoms with E-state index in [1.54, 1.807) is 6.20 Å². The quantitative estimate of drug-likeness (QED) is 0.474. The van der Waals surface area contributed by atoms with Gasteiger partial charge in [-0.15, -0.1) is 0 Å². The molecule has 0 aliphatic rings. The van der Waals surface area contributed by atoms with E-state index in [1.165, 1.54) is 11.8 Å². The van der Waals surface area contributed by atoms with Gasteiger partial charge in [0.2, 0.25) is 0 Å². The Hall–Kier alpha value is -3.14. The highest BCUT2D eigenvalue weighted by Gasteiger charge is 2.11. The molecule has 0 unspecified atom stereocenters. The van der Waals surface area contributed by atoms with Gasteiger partial charge in [-0.05, 0) is 41.8 Å². The van der Waals surface area contributed by atoms with Crippen LogP contribution in [0.4, 0.5) is 11.4 Å². The SMILES string of the molecule is CCCc1cccc(-c2ncc(N)cc2-c2ccc(N)c(C=N)c2)c1. The van der Waals surface area contributed by atoms with Crippen LogP contribution in [-0.2, 0) is 6.42 Å². The lowest BCUT2D eigenvalue weighted by Gasteiger charge is -2.12. The van der Waals surface area contributed by atoms with E-state index in [-0.39, 0.29) is 0 Å². The van der Waals surface area contributed by atoms with Crippen molar-refractivity contribution >= 4 is 17.6 Å². The van der Waals surface area contributed by atoms with Crippen molar-refractivity contribution in [2.45, 2.75) is 19.8 Å². The summed E-state index contributed by atoms with van der Waals surface area (Å²) in [6.45, 7) is 2.17. The second-order valence-electron chi connectivity index (χ2n) is 6.10. The van der Waals surface area contributed by atoms with E-state index < -0.39 is 0 Å². The molecule has 2 aromatic carbocycles. The molecule has 25 heavy (non-hydrogen) atoms. The number of anilines is 2. The maximum absolute atomic E-state index is 7.53. The molecule has 0 saturated heterocycles. The van der Waals surface area contributed by atoms with Gasteiger partial charge in [0.05, 0.1) is 17.6 Å². The molecule has 0 amide bonds. The Kier molecular flexibility index (Phi) is 4.80. The largest absolute Gasteiger partial charge is 0.398 e. The van der Waals surface area contributed by atoms with E-state index in [2.05, 4.69) is 36.2 Å². The molecule has 3 rings (SSSR count). The third kappa shape index (κ3) is 3.53. The van der Waals surface area contributed by atoms with E-state index in [0.29, 0.717) is 16.9 Å². The Labute approximate surface area is 148 Å². The van der Waals surface area contributed by atoms with Gasteiger partial charge in [0.1, 0.15) is 0 Å². The van der Waals surface area contributed by atoms with E-state index >= 15 is 0 Å². The van der Waals surface area contributed by atoms with Crippen molar-refractivity contribution in [2.75, 3.05) is 11.5 Å².